The number of carbonyl (C=O) groups excluding carboxylic acids is 1. The maximum atomic E-state index is 11.5. The van der Waals surface area contributed by atoms with Crippen LogP contribution in [0.15, 0.2) is 12.2 Å². The Morgan fingerprint density at radius 1 is 1.56 bits per heavy atom. The van der Waals surface area contributed by atoms with Crippen molar-refractivity contribution in [2.75, 3.05) is 6.61 Å². The average molecular weight is 224 g/mol. The monoisotopic (exact) mass is 224 g/mol. The van der Waals surface area contributed by atoms with E-state index in [0.717, 1.165) is 0 Å². The zero-order valence-electron chi connectivity index (χ0n) is 9.22. The third-order valence-electron chi connectivity index (χ3n) is 4.62. The lowest BCUT2D eigenvalue weighted by Crippen LogP contribution is -2.72. The van der Waals surface area contributed by atoms with E-state index in [2.05, 4.69) is 0 Å². The summed E-state index contributed by atoms with van der Waals surface area (Å²) in [6.07, 6.45) is 3.19. The molecule has 4 heteroatoms. The van der Waals surface area contributed by atoms with Crippen molar-refractivity contribution in [1.82, 2.24) is 0 Å². The molecular weight excluding hydrogens is 208 g/mol. The Labute approximate surface area is 93.9 Å². The molecule has 0 aromatic rings. The van der Waals surface area contributed by atoms with Crippen molar-refractivity contribution in [3.8, 4) is 0 Å². The first kappa shape index (κ1) is 10.4. The highest BCUT2D eigenvalue weighted by Crippen LogP contribution is 2.55. The summed E-state index contributed by atoms with van der Waals surface area (Å²) < 4.78 is 5.29. The molecule has 2 aliphatic carbocycles. The molecule has 0 radical (unpaired) electrons. The molecule has 0 aromatic heterocycles. The number of aliphatic hydroxyl groups is 2. The van der Waals surface area contributed by atoms with Crippen molar-refractivity contribution >= 4 is 5.78 Å². The fourth-order valence-electron chi connectivity index (χ4n) is 3.36. The van der Waals surface area contributed by atoms with Crippen molar-refractivity contribution in [1.29, 1.82) is 0 Å². The molecule has 1 saturated carbocycles. The third-order valence-corrected chi connectivity index (χ3v) is 4.62. The lowest BCUT2D eigenvalue weighted by molar-refractivity contribution is -0.311. The molecule has 16 heavy (non-hydrogen) atoms. The molecule has 3 rings (SSSR count). The van der Waals surface area contributed by atoms with Gasteiger partial charge in [0, 0.05) is 24.2 Å². The van der Waals surface area contributed by atoms with Crippen LogP contribution in [0, 0.1) is 11.3 Å². The number of allylic oxidation sites excluding steroid dienone is 1. The van der Waals surface area contributed by atoms with Crippen LogP contribution < -0.4 is 0 Å². The first-order valence-electron chi connectivity index (χ1n) is 5.71. The van der Waals surface area contributed by atoms with Gasteiger partial charge in [0.2, 0.25) is 0 Å². The Hall–Kier alpha value is -0.710. The normalized spacial score (nSPS) is 55.2. The minimum atomic E-state index is -0.922. The van der Waals surface area contributed by atoms with Gasteiger partial charge < -0.3 is 14.9 Å². The number of carbonyl (C=O) groups is 1. The molecule has 0 spiro atoms. The third kappa shape index (κ3) is 1.07. The summed E-state index contributed by atoms with van der Waals surface area (Å²) in [5.41, 5.74) is -1.42. The van der Waals surface area contributed by atoms with Gasteiger partial charge in [0.15, 0.2) is 5.78 Å². The molecule has 0 bridgehead atoms. The Morgan fingerprint density at radius 3 is 2.94 bits per heavy atom. The Bertz CT molecular complexity index is 377. The maximum Gasteiger partial charge on any atom is 0.155 e. The van der Waals surface area contributed by atoms with E-state index in [1.54, 1.807) is 6.08 Å². The molecule has 2 fully saturated rings. The van der Waals surface area contributed by atoms with Crippen LogP contribution in [0.3, 0.4) is 0 Å². The first-order chi connectivity index (χ1) is 7.47. The van der Waals surface area contributed by atoms with E-state index in [0.29, 0.717) is 12.8 Å². The van der Waals surface area contributed by atoms with E-state index < -0.39 is 17.1 Å². The van der Waals surface area contributed by atoms with Gasteiger partial charge in [0.05, 0.1) is 18.8 Å². The summed E-state index contributed by atoms with van der Waals surface area (Å²) in [7, 11) is 0. The average Bonchev–Trinajstić information content (AvgIpc) is 2.25. The quantitative estimate of drug-likeness (QED) is 0.609. The summed E-state index contributed by atoms with van der Waals surface area (Å²) in [6.45, 7) is 2.20. The topological polar surface area (TPSA) is 66.8 Å². The van der Waals surface area contributed by atoms with Gasteiger partial charge in [-0.05, 0) is 6.08 Å². The van der Waals surface area contributed by atoms with Gasteiger partial charge in [-0.25, -0.2) is 0 Å². The van der Waals surface area contributed by atoms with Crippen LogP contribution in [0.25, 0.3) is 0 Å². The molecule has 5 atom stereocenters. The van der Waals surface area contributed by atoms with Crippen molar-refractivity contribution in [2.45, 2.75) is 37.6 Å². The summed E-state index contributed by atoms with van der Waals surface area (Å²) in [5.74, 6) is -0.198. The number of ether oxygens (including phenoxy) is 1. The first-order valence-corrected chi connectivity index (χ1v) is 5.71. The molecule has 3 aliphatic rings. The SMILES string of the molecule is C[C@]12C=CC(=O)C[C@@H]1[C@]1(O)COC1C[C@@H]2O. The van der Waals surface area contributed by atoms with Crippen LogP contribution in [-0.4, -0.2) is 40.4 Å². The van der Waals surface area contributed by atoms with E-state index in [4.69, 9.17) is 4.74 Å². The maximum absolute atomic E-state index is 11.5. The van der Waals surface area contributed by atoms with E-state index in [-0.39, 0.29) is 24.4 Å². The Kier molecular flexibility index (Phi) is 1.92. The fourth-order valence-corrected chi connectivity index (χ4v) is 3.36. The minimum Gasteiger partial charge on any atom is -0.392 e. The molecule has 2 N–H and O–H groups in total. The predicted molar refractivity (Wildman–Crippen MR) is 55.7 cm³/mol. The summed E-state index contributed by atoms with van der Waals surface area (Å²) in [4.78, 5) is 11.5. The van der Waals surface area contributed by atoms with Crippen LogP contribution in [-0.2, 0) is 9.53 Å². The Morgan fingerprint density at radius 2 is 2.31 bits per heavy atom. The van der Waals surface area contributed by atoms with E-state index in [1.807, 2.05) is 6.92 Å². The number of ketones is 1. The largest absolute Gasteiger partial charge is 0.392 e. The second kappa shape index (κ2) is 2.94. The zero-order chi connectivity index (χ0) is 11.6. The molecule has 1 unspecified atom stereocenters. The second-order valence-corrected chi connectivity index (χ2v) is 5.46. The molecule has 0 aromatic carbocycles. The molecule has 1 aliphatic heterocycles. The highest BCUT2D eigenvalue weighted by Gasteiger charge is 2.64. The van der Waals surface area contributed by atoms with E-state index >= 15 is 0 Å². The zero-order valence-corrected chi connectivity index (χ0v) is 9.22. The molecular formula is C12H16O4. The lowest BCUT2D eigenvalue weighted by atomic mass is 9.53. The van der Waals surface area contributed by atoms with Crippen LogP contribution in [0.4, 0.5) is 0 Å². The number of aliphatic hydroxyl groups excluding tert-OH is 1. The summed E-state index contributed by atoms with van der Waals surface area (Å²) in [6, 6.07) is 0. The summed E-state index contributed by atoms with van der Waals surface area (Å²) in [5, 5.41) is 20.6. The second-order valence-electron chi connectivity index (χ2n) is 5.46. The number of fused-ring (bicyclic) bond motifs is 3. The van der Waals surface area contributed by atoms with Crippen LogP contribution in [0.2, 0.25) is 0 Å². The van der Waals surface area contributed by atoms with Gasteiger partial charge >= 0.3 is 0 Å². The summed E-state index contributed by atoms with van der Waals surface area (Å²) >= 11 is 0. The number of hydrogen-bond donors (Lipinski definition) is 2. The molecule has 0 amide bonds. The van der Waals surface area contributed by atoms with E-state index in [9.17, 15) is 15.0 Å². The van der Waals surface area contributed by atoms with Crippen molar-refractivity contribution in [2.24, 2.45) is 11.3 Å². The Balaban J connectivity index is 2.04. The minimum absolute atomic E-state index is 0.0238. The van der Waals surface area contributed by atoms with Crippen LogP contribution >= 0.6 is 0 Å². The van der Waals surface area contributed by atoms with E-state index in [1.165, 1.54) is 6.08 Å². The van der Waals surface area contributed by atoms with Gasteiger partial charge in [0.1, 0.15) is 5.60 Å². The highest BCUT2D eigenvalue weighted by atomic mass is 16.6. The van der Waals surface area contributed by atoms with Gasteiger partial charge in [-0.1, -0.05) is 13.0 Å². The van der Waals surface area contributed by atoms with Crippen LogP contribution in [0.5, 0.6) is 0 Å². The van der Waals surface area contributed by atoms with Crippen LogP contribution in [0.1, 0.15) is 19.8 Å². The van der Waals surface area contributed by atoms with Gasteiger partial charge in [0.25, 0.3) is 0 Å². The predicted octanol–water partition coefficient (Wildman–Crippen LogP) is 0.0324. The lowest BCUT2D eigenvalue weighted by Gasteiger charge is -2.61. The number of rotatable bonds is 0. The molecule has 1 saturated heterocycles. The molecule has 1 heterocycles. The highest BCUT2D eigenvalue weighted by molar-refractivity contribution is 5.91. The molecule has 4 nitrogen and oxygen atoms in total. The smallest absolute Gasteiger partial charge is 0.155 e. The standard InChI is InChI=1S/C12H16O4/c1-11-3-2-7(13)4-8(11)12(15)6-16-10(12)5-9(11)14/h2-3,8-10,14-15H,4-6H2,1H3/t8-,9-,10?,11-,12+/m0/s1. The van der Waals surface area contributed by atoms with Gasteiger partial charge in [-0.3, -0.25) is 4.79 Å². The van der Waals surface area contributed by atoms with Crippen molar-refractivity contribution < 1.29 is 19.7 Å². The van der Waals surface area contributed by atoms with Gasteiger partial charge in [-0.2, -0.15) is 0 Å². The van der Waals surface area contributed by atoms with Crippen molar-refractivity contribution in [3.63, 3.8) is 0 Å². The fraction of sp³-hybridized carbons (Fsp3) is 0.750. The number of hydrogen-bond acceptors (Lipinski definition) is 4. The van der Waals surface area contributed by atoms with Crippen molar-refractivity contribution in [3.05, 3.63) is 12.2 Å². The van der Waals surface area contributed by atoms with Gasteiger partial charge in [-0.15, -0.1) is 0 Å². The molecule has 88 valence electrons.